The van der Waals surface area contributed by atoms with E-state index >= 15 is 4.79 Å². The van der Waals surface area contributed by atoms with Gasteiger partial charge in [0.1, 0.15) is 60.5 Å². The summed E-state index contributed by atoms with van der Waals surface area (Å²) < 4.78 is 11.7. The molecule has 4 aliphatic rings. The Morgan fingerprint density at radius 1 is 0.600 bits per heavy atom. The zero-order chi connectivity index (χ0) is 71.4. The molecule has 2 saturated heterocycles. The van der Waals surface area contributed by atoms with Crippen LogP contribution in [0.2, 0.25) is 0 Å². The summed E-state index contributed by atoms with van der Waals surface area (Å²) in [7, 11) is 0. The van der Waals surface area contributed by atoms with E-state index in [1.165, 1.54) is 18.0 Å². The summed E-state index contributed by atoms with van der Waals surface area (Å²) in [4.78, 5) is 196. The van der Waals surface area contributed by atoms with Gasteiger partial charge in [0, 0.05) is 43.3 Å². The maximum absolute atomic E-state index is 15.0. The topological polar surface area (TPSA) is 482 Å². The number of rotatable bonds is 24. The molecular weight excluding hydrogens is 1260 g/mol. The molecule has 0 aromatic carbocycles. The smallest absolute Gasteiger partial charge is 0.307 e. The number of hydrogen-bond donors (Lipinski definition) is 14. The van der Waals surface area contributed by atoms with Crippen molar-refractivity contribution in [2.75, 3.05) is 13.2 Å². The number of Topliss-reactive ketones (excluding diaryl/α,β-unsaturated/α-hetero) is 2. The standard InChI is InChI=1S/C63H99ClN12O19/c1-11-13-14-15-16-17-21-37-54(86)68-38(22-18-24-76-30-36-46(51(83)63(76)23-19-25-94-63)47(64)52(84)62(10,50(36)82)95-45(81)20-12-2)55(87)74-48(34(8)77)60(92)67-33(7)53(85)70-41(28-43(65)79)57(89)72-42(29-44(66)80)58(90)71-40(27-32(5)6)59(91)75-49(35(9)78)61(93)73-39(26-31(3)4)56(88)69-37/h30-35,37-42,48-49,51,77-78,83H,11-29H2,1-10H3,(H2,65,79)(H2,66,80)(H,67,92)(H,68,86)(H,69,88)(H,70,85)(H,71,90)(H,72,89)(H,73,93)(H,74,87)(H,75,91)/t33-,34+,35+,37+,38-,39+,40+,41-,42+,48-,49-,51+,62-,63+/m0/s1. The number of amides is 11. The molecule has 0 radical (unpaired) electrons. The molecule has 1 spiro atoms. The molecule has 31 nitrogen and oxygen atoms in total. The molecule has 32 heteroatoms. The van der Waals surface area contributed by atoms with Crippen molar-refractivity contribution >= 4 is 94.1 Å². The fourth-order valence-electron chi connectivity index (χ4n) is 11.6. The second-order valence-electron chi connectivity index (χ2n) is 25.9. The maximum Gasteiger partial charge on any atom is 0.307 e. The third-order valence-corrected chi connectivity index (χ3v) is 17.1. The van der Waals surface area contributed by atoms with Crippen LogP contribution in [0.5, 0.6) is 0 Å². The van der Waals surface area contributed by atoms with Gasteiger partial charge in [0.15, 0.2) is 5.72 Å². The first kappa shape index (κ1) is 79.8. The van der Waals surface area contributed by atoms with Crippen molar-refractivity contribution in [1.82, 2.24) is 52.8 Å². The highest BCUT2D eigenvalue weighted by Crippen LogP contribution is 2.48. The Hall–Kier alpha value is -7.61. The van der Waals surface area contributed by atoms with Gasteiger partial charge in [-0.3, -0.25) is 67.1 Å². The molecule has 11 amide bonds. The molecule has 14 atom stereocenters. The van der Waals surface area contributed by atoms with E-state index in [2.05, 4.69) is 47.9 Å². The Bertz CT molecular complexity index is 2910. The van der Waals surface area contributed by atoms with Crippen LogP contribution in [0.25, 0.3) is 0 Å². The van der Waals surface area contributed by atoms with E-state index in [-0.39, 0.29) is 81.1 Å². The molecule has 0 aromatic heterocycles. The van der Waals surface area contributed by atoms with E-state index in [1.54, 1.807) is 34.6 Å². The number of aliphatic hydroxyl groups excluding tert-OH is 3. The van der Waals surface area contributed by atoms with Gasteiger partial charge in [-0.15, -0.1) is 0 Å². The third kappa shape index (κ3) is 22.0. The molecule has 0 saturated carbocycles. The summed E-state index contributed by atoms with van der Waals surface area (Å²) in [5.74, 6) is -15.8. The fraction of sp³-hybridized carbons (Fsp3) is 0.714. The molecule has 2 fully saturated rings. The van der Waals surface area contributed by atoms with E-state index in [4.69, 9.17) is 32.5 Å². The molecule has 95 heavy (non-hydrogen) atoms. The van der Waals surface area contributed by atoms with Crippen LogP contribution in [-0.4, -0.2) is 200 Å². The Balaban J connectivity index is 1.89. The fourth-order valence-corrected chi connectivity index (χ4v) is 12.0. The second-order valence-corrected chi connectivity index (χ2v) is 26.3. The minimum Gasteiger partial charge on any atom is -0.442 e. The molecule has 4 rings (SSSR count). The number of nitrogens with two attached hydrogens (primary N) is 2. The van der Waals surface area contributed by atoms with Crippen LogP contribution in [0.3, 0.4) is 0 Å². The number of esters is 1. The first-order valence-electron chi connectivity index (χ1n) is 32.7. The Morgan fingerprint density at radius 3 is 1.52 bits per heavy atom. The molecule has 532 valence electrons. The van der Waals surface area contributed by atoms with Crippen molar-refractivity contribution in [2.45, 2.75) is 262 Å². The van der Waals surface area contributed by atoms with Gasteiger partial charge in [-0.25, -0.2) is 0 Å². The highest BCUT2D eigenvalue weighted by Gasteiger charge is 2.60. The van der Waals surface area contributed by atoms with Gasteiger partial charge >= 0.3 is 5.97 Å². The maximum atomic E-state index is 15.0. The van der Waals surface area contributed by atoms with Crippen LogP contribution in [0.1, 0.15) is 178 Å². The number of carbonyl (C=O) groups excluding carboxylic acids is 14. The predicted molar refractivity (Wildman–Crippen MR) is 341 cm³/mol. The zero-order valence-corrected chi connectivity index (χ0v) is 56.7. The predicted octanol–water partition coefficient (Wildman–Crippen LogP) is -1.67. The molecule has 16 N–H and O–H groups in total. The second kappa shape index (κ2) is 36.5. The highest BCUT2D eigenvalue weighted by molar-refractivity contribution is 6.49. The van der Waals surface area contributed by atoms with Crippen LogP contribution in [0.4, 0.5) is 0 Å². The molecule has 1 aliphatic carbocycles. The Labute approximate surface area is 558 Å². The number of unbranched alkanes of at least 4 members (excludes halogenated alkanes) is 5. The van der Waals surface area contributed by atoms with Crippen molar-refractivity contribution in [3.05, 3.63) is 22.4 Å². The van der Waals surface area contributed by atoms with E-state index in [1.807, 2.05) is 6.92 Å². The average molecular weight is 1360 g/mol. The number of nitrogens with one attached hydrogen (secondary N) is 9. The minimum atomic E-state index is -2.42. The number of aliphatic hydroxyl groups is 3. The summed E-state index contributed by atoms with van der Waals surface area (Å²) >= 11 is 6.67. The number of ether oxygens (including phenoxy) is 2. The van der Waals surface area contributed by atoms with E-state index in [9.17, 15) is 77.6 Å². The van der Waals surface area contributed by atoms with Crippen LogP contribution >= 0.6 is 11.6 Å². The number of primary amides is 2. The number of ketones is 2. The lowest BCUT2D eigenvalue weighted by Gasteiger charge is -2.49. The quantitative estimate of drug-likeness (QED) is 0.0292. The first-order valence-corrected chi connectivity index (χ1v) is 33.1. The SMILES string of the molecule is CCCCCCCC[C@H]1NC(=O)[C@@H](CC(C)C)NC(=O)[C@H]([C@@H](C)O)NC(=O)[C@@H](CC(C)C)NC(=O)[C@@H](CC(N)=O)NC(=O)[C@H](CC(N)=O)NC(=O)[C@H](C)NC(=O)[C@H]([C@@H](C)O)NC(=O)[C@H](CCCN2C=C3C(=O)[C@](C)(OC(=O)CCC)C(=O)C(Cl)=C3[C@@H](O)[C@]23CCCO3)NC1=O. The van der Waals surface area contributed by atoms with Crippen molar-refractivity contribution < 1.29 is 91.9 Å². The summed E-state index contributed by atoms with van der Waals surface area (Å²) in [5, 5.41) is 55.9. The summed E-state index contributed by atoms with van der Waals surface area (Å²) in [6.45, 7) is 15.0. The van der Waals surface area contributed by atoms with Crippen molar-refractivity contribution in [2.24, 2.45) is 23.3 Å². The van der Waals surface area contributed by atoms with Gasteiger partial charge in [-0.05, 0) is 84.5 Å². The van der Waals surface area contributed by atoms with Crippen LogP contribution in [0.15, 0.2) is 22.4 Å². The summed E-state index contributed by atoms with van der Waals surface area (Å²) in [6, 6.07) is -15.3. The van der Waals surface area contributed by atoms with Crippen molar-refractivity contribution in [3.8, 4) is 0 Å². The summed E-state index contributed by atoms with van der Waals surface area (Å²) in [6.07, 6.45) is -1.28. The van der Waals surface area contributed by atoms with E-state index in [0.717, 1.165) is 46.5 Å². The molecule has 3 aliphatic heterocycles. The van der Waals surface area contributed by atoms with Crippen LogP contribution in [-0.2, 0) is 76.6 Å². The van der Waals surface area contributed by atoms with Gasteiger partial charge in [0.25, 0.3) is 0 Å². The number of carbonyl (C=O) groups is 14. The van der Waals surface area contributed by atoms with Crippen LogP contribution in [0, 0.1) is 11.8 Å². The zero-order valence-electron chi connectivity index (χ0n) is 55.9. The Kier molecular flexibility index (Phi) is 30.7. The van der Waals surface area contributed by atoms with Crippen molar-refractivity contribution in [3.63, 3.8) is 0 Å². The Morgan fingerprint density at radius 2 is 1.03 bits per heavy atom. The van der Waals surface area contributed by atoms with Gasteiger partial charge in [0.2, 0.25) is 82.1 Å². The molecule has 0 unspecified atom stereocenters. The average Bonchev–Trinajstić information content (AvgIpc) is 1.65. The van der Waals surface area contributed by atoms with Crippen molar-refractivity contribution in [1.29, 1.82) is 0 Å². The third-order valence-electron chi connectivity index (χ3n) is 16.8. The van der Waals surface area contributed by atoms with Gasteiger partial charge < -0.3 is 89.0 Å². The lowest BCUT2D eigenvalue weighted by molar-refractivity contribution is -0.174. The molecule has 3 heterocycles. The molecule has 0 bridgehead atoms. The largest absolute Gasteiger partial charge is 0.442 e. The highest BCUT2D eigenvalue weighted by atomic mass is 35.5. The number of halogens is 1. The van der Waals surface area contributed by atoms with Gasteiger partial charge in [-0.2, -0.15) is 0 Å². The lowest BCUT2D eigenvalue weighted by atomic mass is 9.74. The van der Waals surface area contributed by atoms with Gasteiger partial charge in [0.05, 0.1) is 30.1 Å². The number of nitrogens with zero attached hydrogens (tertiary/aromatic N) is 1. The molecular formula is C63H99ClN12O19. The van der Waals surface area contributed by atoms with E-state index < -0.39 is 184 Å². The lowest BCUT2D eigenvalue weighted by Crippen LogP contribution is -2.62. The normalized spacial score (nSPS) is 28.9. The number of fused-ring (bicyclic) bond motifs is 1. The monoisotopic (exact) mass is 1360 g/mol. The first-order chi connectivity index (χ1) is 44.5. The molecule has 0 aromatic rings. The number of hydrogen-bond acceptors (Lipinski definition) is 20. The van der Waals surface area contributed by atoms with Gasteiger partial charge in [-0.1, -0.05) is 91.7 Å². The van der Waals surface area contributed by atoms with E-state index in [0.29, 0.717) is 25.7 Å². The minimum absolute atomic E-state index is 0.0310. The van der Waals surface area contributed by atoms with Crippen LogP contribution < -0.4 is 59.3 Å². The summed E-state index contributed by atoms with van der Waals surface area (Å²) in [5.41, 5.74) is 6.34.